The molecular weight excluding hydrogens is 564 g/mol. The summed E-state index contributed by atoms with van der Waals surface area (Å²) in [5, 5.41) is 28.3. The van der Waals surface area contributed by atoms with E-state index in [2.05, 4.69) is 17.6 Å². The number of nitrogens with one attached hydrogen (secondary N) is 2. The number of carbonyl (C=O) groups is 1. The van der Waals surface area contributed by atoms with Gasteiger partial charge in [-0.05, 0) is 60.4 Å². The zero-order valence-corrected chi connectivity index (χ0v) is 25.0. The maximum Gasteiger partial charge on any atom is 0.220 e. The van der Waals surface area contributed by atoms with Gasteiger partial charge < -0.3 is 30.3 Å². The van der Waals surface area contributed by atoms with Crippen LogP contribution in [0.5, 0.6) is 11.5 Å². The molecule has 2 aromatic carbocycles. The third kappa shape index (κ3) is 5.57. The van der Waals surface area contributed by atoms with Crippen molar-refractivity contribution in [2.24, 2.45) is 16.7 Å². The molecule has 5 unspecified atom stereocenters. The molecule has 1 amide bonds. The van der Waals surface area contributed by atoms with Gasteiger partial charge in [-0.25, -0.2) is 13.8 Å². The first-order chi connectivity index (χ1) is 20.0. The molecule has 0 bridgehead atoms. The molecule has 1 saturated carbocycles. The monoisotopic (exact) mass is 601 g/mol. The molecule has 0 aliphatic heterocycles. The summed E-state index contributed by atoms with van der Waals surface area (Å²) >= 11 is 1.48. The molecule has 42 heavy (non-hydrogen) atoms. The summed E-state index contributed by atoms with van der Waals surface area (Å²) < 4.78 is 38.3. The van der Waals surface area contributed by atoms with Gasteiger partial charge in [0.2, 0.25) is 5.91 Å². The summed E-state index contributed by atoms with van der Waals surface area (Å²) in [6.07, 6.45) is 1.18. The zero-order valence-electron chi connectivity index (χ0n) is 24.2. The van der Waals surface area contributed by atoms with Crippen molar-refractivity contribution >= 4 is 28.1 Å². The van der Waals surface area contributed by atoms with E-state index in [1.54, 1.807) is 26.4 Å². The Balaban J connectivity index is 1.48. The number of fused-ring (bicyclic) bond motifs is 2. The van der Waals surface area contributed by atoms with E-state index < -0.39 is 28.6 Å². The Bertz CT molecular complexity index is 1450. The van der Waals surface area contributed by atoms with Crippen molar-refractivity contribution in [3.05, 3.63) is 64.2 Å². The van der Waals surface area contributed by atoms with Gasteiger partial charge in [0.05, 0.1) is 38.3 Å². The van der Waals surface area contributed by atoms with Crippen LogP contribution in [-0.4, -0.2) is 48.0 Å². The lowest BCUT2D eigenvalue weighted by atomic mass is 9.47. The maximum atomic E-state index is 13.7. The van der Waals surface area contributed by atoms with Crippen molar-refractivity contribution in [1.82, 2.24) is 10.3 Å². The van der Waals surface area contributed by atoms with Gasteiger partial charge >= 0.3 is 0 Å². The predicted octanol–water partition coefficient (Wildman–Crippen LogP) is 5.30. The Kier molecular flexibility index (Phi) is 8.46. The van der Waals surface area contributed by atoms with Crippen molar-refractivity contribution in [2.75, 3.05) is 26.1 Å². The van der Waals surface area contributed by atoms with Crippen LogP contribution in [0.2, 0.25) is 0 Å². The smallest absolute Gasteiger partial charge is 0.220 e. The van der Waals surface area contributed by atoms with Crippen LogP contribution in [0.1, 0.15) is 55.2 Å². The number of amides is 1. The highest BCUT2D eigenvalue weighted by Gasteiger charge is 2.59. The molecule has 5 rings (SSSR count). The first kappa shape index (κ1) is 30.2. The number of anilines is 2. The Morgan fingerprint density at radius 1 is 1.14 bits per heavy atom. The van der Waals surface area contributed by atoms with E-state index in [0.29, 0.717) is 47.1 Å². The minimum Gasteiger partial charge on any atom is -0.497 e. The van der Waals surface area contributed by atoms with Crippen LogP contribution in [0, 0.1) is 28.4 Å². The van der Waals surface area contributed by atoms with E-state index in [4.69, 9.17) is 14.5 Å². The molecule has 1 heterocycles. The van der Waals surface area contributed by atoms with Crippen molar-refractivity contribution in [2.45, 2.75) is 58.1 Å². The largest absolute Gasteiger partial charge is 0.497 e. The number of halogens is 2. The quantitative estimate of drug-likeness (QED) is 0.263. The Hall–Kier alpha value is -3.28. The highest BCUT2D eigenvalue weighted by atomic mass is 32.1. The summed E-state index contributed by atoms with van der Waals surface area (Å²) in [7, 11) is 3.17. The maximum absolute atomic E-state index is 13.7. The van der Waals surface area contributed by atoms with E-state index in [1.807, 2.05) is 13.0 Å². The number of hydrogen-bond donors (Lipinski definition) is 4. The first-order valence-corrected chi connectivity index (χ1v) is 14.8. The van der Waals surface area contributed by atoms with Crippen LogP contribution < -0.4 is 20.1 Å². The van der Waals surface area contributed by atoms with E-state index in [-0.39, 0.29) is 37.3 Å². The molecule has 2 aliphatic carbocycles. The Morgan fingerprint density at radius 3 is 2.55 bits per heavy atom. The number of ether oxygens (including phenoxy) is 2. The van der Waals surface area contributed by atoms with Crippen LogP contribution in [-0.2, 0) is 17.8 Å². The molecule has 8 nitrogen and oxygen atoms in total. The molecule has 3 aromatic rings. The Morgan fingerprint density at radius 2 is 1.88 bits per heavy atom. The number of aromatic nitrogens is 1. The van der Waals surface area contributed by atoms with Crippen molar-refractivity contribution < 1.29 is 33.3 Å². The van der Waals surface area contributed by atoms with Gasteiger partial charge in [0.1, 0.15) is 23.1 Å². The lowest BCUT2D eigenvalue weighted by Crippen LogP contribution is -2.57. The molecule has 226 valence electrons. The third-order valence-electron chi connectivity index (χ3n) is 9.34. The van der Waals surface area contributed by atoms with Crippen LogP contribution in [0.25, 0.3) is 0 Å². The number of carbonyl (C=O) groups excluding carboxylic acids is 1. The van der Waals surface area contributed by atoms with Gasteiger partial charge in [-0.3, -0.25) is 4.79 Å². The van der Waals surface area contributed by atoms with E-state index in [9.17, 15) is 23.8 Å². The number of methoxy groups -OCH3 is 2. The lowest BCUT2D eigenvalue weighted by molar-refractivity contribution is -0.144. The molecule has 1 aromatic heterocycles. The average Bonchev–Trinajstić information content (AvgIpc) is 3.36. The molecule has 4 N–H and O–H groups in total. The summed E-state index contributed by atoms with van der Waals surface area (Å²) in [5.41, 5.74) is 0.623. The normalized spacial score (nSPS) is 26.6. The number of nitrogens with zero attached hydrogens (tertiary/aromatic N) is 1. The molecule has 0 radical (unpaired) electrons. The van der Waals surface area contributed by atoms with Gasteiger partial charge in [0, 0.05) is 41.3 Å². The molecular formula is C31H37F2N3O5S. The number of benzene rings is 2. The van der Waals surface area contributed by atoms with Crippen LogP contribution in [0.3, 0.4) is 0 Å². The van der Waals surface area contributed by atoms with E-state index >= 15 is 0 Å². The van der Waals surface area contributed by atoms with Crippen LogP contribution in [0.15, 0.2) is 36.4 Å². The average molecular weight is 602 g/mol. The van der Waals surface area contributed by atoms with Gasteiger partial charge in [-0.1, -0.05) is 13.8 Å². The van der Waals surface area contributed by atoms with Crippen molar-refractivity contribution in [1.29, 1.82) is 0 Å². The standard InChI is InChI=1S/C31H37F2N3O5S/c1-30-8-7-26(38)31(2,16-37)25(30)14-24-28(21(30)13-27(39)34-15-17-9-18(32)11-19(33)10-17)36-29(42-24)35-22-12-20(40-3)5-6-23(22)41-4/h5-6,9-12,21,25-26,37-38H,7-8,13-16H2,1-4H3,(H,34,39)(H,35,36). The fourth-order valence-electron chi connectivity index (χ4n) is 6.90. The first-order valence-electron chi connectivity index (χ1n) is 14.0. The minimum absolute atomic E-state index is 0.0141. The van der Waals surface area contributed by atoms with Gasteiger partial charge in [0.15, 0.2) is 5.13 Å². The molecule has 2 aliphatic rings. The Labute approximate surface area is 248 Å². The predicted molar refractivity (Wildman–Crippen MR) is 156 cm³/mol. The van der Waals surface area contributed by atoms with Crippen LogP contribution >= 0.6 is 11.3 Å². The second-order valence-corrected chi connectivity index (χ2v) is 12.9. The van der Waals surface area contributed by atoms with E-state index in [0.717, 1.165) is 16.6 Å². The number of thiazole rings is 1. The summed E-state index contributed by atoms with van der Waals surface area (Å²) in [5.74, 6) is -0.833. The SMILES string of the molecule is COc1ccc(OC)c(Nc2nc3c(s2)CC2C(C)(CO)C(O)CCC2(C)C3CC(=O)NCc2cc(F)cc(F)c2)c1. The number of aliphatic hydroxyl groups is 2. The summed E-state index contributed by atoms with van der Waals surface area (Å²) in [6.45, 7) is 3.85. The van der Waals surface area contributed by atoms with Gasteiger partial charge in [0.25, 0.3) is 0 Å². The lowest BCUT2D eigenvalue weighted by Gasteiger charge is -2.58. The third-order valence-corrected chi connectivity index (χ3v) is 10.4. The second kappa shape index (κ2) is 11.8. The molecule has 0 saturated heterocycles. The number of aliphatic hydroxyl groups excluding tert-OH is 2. The molecule has 1 fully saturated rings. The summed E-state index contributed by atoms with van der Waals surface area (Å²) in [4.78, 5) is 19.3. The van der Waals surface area contributed by atoms with Gasteiger partial charge in [-0.15, -0.1) is 11.3 Å². The van der Waals surface area contributed by atoms with Crippen molar-refractivity contribution in [3.8, 4) is 11.5 Å². The zero-order chi connectivity index (χ0) is 30.2. The topological polar surface area (TPSA) is 113 Å². The number of hydrogen-bond acceptors (Lipinski definition) is 8. The van der Waals surface area contributed by atoms with Crippen LogP contribution in [0.4, 0.5) is 19.6 Å². The van der Waals surface area contributed by atoms with E-state index in [1.165, 1.54) is 23.5 Å². The number of rotatable bonds is 9. The molecule has 0 spiro atoms. The summed E-state index contributed by atoms with van der Waals surface area (Å²) in [6, 6.07) is 8.60. The second-order valence-electron chi connectivity index (χ2n) is 11.8. The highest BCUT2D eigenvalue weighted by Crippen LogP contribution is 2.63. The fourth-order valence-corrected chi connectivity index (χ4v) is 7.98. The van der Waals surface area contributed by atoms with Crippen molar-refractivity contribution in [3.63, 3.8) is 0 Å². The minimum atomic E-state index is -0.758. The van der Waals surface area contributed by atoms with Gasteiger partial charge in [-0.2, -0.15) is 0 Å². The molecule has 11 heteroatoms. The highest BCUT2D eigenvalue weighted by molar-refractivity contribution is 7.15. The molecule has 5 atom stereocenters. The fraction of sp³-hybridized carbons (Fsp3) is 0.484.